The number of carbonyl (C=O) groups is 2. The molecule has 0 radical (unpaired) electrons. The molecule has 1 unspecified atom stereocenters. The van der Waals surface area contributed by atoms with Crippen molar-refractivity contribution < 1.29 is 24.2 Å². The number of rotatable bonds is 7. The highest BCUT2D eigenvalue weighted by molar-refractivity contribution is 6.32. The number of Topliss-reactive ketones (excluding diaryl/α,β-unsaturated/α-hetero) is 1. The van der Waals surface area contributed by atoms with Crippen LogP contribution in [0.2, 0.25) is 10.0 Å². The standard InChI is InChI=1S/C28H20Cl2N2O5/c29-18-5-1-16(2-6-18)24-15-31-19(14-32-24)11-25(33)17-3-7-20(8-4-17)37-27-13-26-22(12-23(27)30)21(28(34)35)9-10-36-26/h1-8,12-15,21H,9-11H2,(H,34,35). The van der Waals surface area contributed by atoms with Gasteiger partial charge in [-0.3, -0.25) is 19.6 Å². The van der Waals surface area contributed by atoms with E-state index in [0.717, 1.165) is 5.56 Å². The Bertz CT molecular complexity index is 1460. The van der Waals surface area contributed by atoms with Crippen LogP contribution in [0.25, 0.3) is 11.3 Å². The highest BCUT2D eigenvalue weighted by atomic mass is 35.5. The van der Waals surface area contributed by atoms with Crippen LogP contribution in [-0.4, -0.2) is 33.4 Å². The number of halogens is 2. The lowest BCUT2D eigenvalue weighted by molar-refractivity contribution is -0.139. The lowest BCUT2D eigenvalue weighted by Gasteiger charge is -2.24. The second-order valence-corrected chi connectivity index (χ2v) is 9.32. The van der Waals surface area contributed by atoms with Gasteiger partial charge in [0.25, 0.3) is 0 Å². The maximum atomic E-state index is 12.8. The van der Waals surface area contributed by atoms with E-state index in [9.17, 15) is 14.7 Å². The molecular formula is C28H20Cl2N2O5. The Morgan fingerprint density at radius 2 is 1.76 bits per heavy atom. The highest BCUT2D eigenvalue weighted by Gasteiger charge is 2.29. The van der Waals surface area contributed by atoms with Gasteiger partial charge < -0.3 is 14.6 Å². The summed E-state index contributed by atoms with van der Waals surface area (Å²) >= 11 is 12.3. The van der Waals surface area contributed by atoms with Crippen molar-refractivity contribution in [2.24, 2.45) is 0 Å². The van der Waals surface area contributed by atoms with Crippen LogP contribution in [0.1, 0.15) is 34.0 Å². The molecule has 1 aromatic heterocycles. The van der Waals surface area contributed by atoms with Crippen molar-refractivity contribution in [3.05, 3.63) is 99.9 Å². The SMILES string of the molecule is O=C(Cc1cnc(-c2ccc(Cl)cc2)cn1)c1ccc(Oc2cc3c(cc2Cl)C(C(=O)O)CCO3)cc1. The van der Waals surface area contributed by atoms with Gasteiger partial charge in [0.2, 0.25) is 0 Å². The maximum Gasteiger partial charge on any atom is 0.311 e. The van der Waals surface area contributed by atoms with E-state index in [1.165, 1.54) is 0 Å². The first-order valence-electron chi connectivity index (χ1n) is 11.4. The van der Waals surface area contributed by atoms with Crippen LogP contribution < -0.4 is 9.47 Å². The van der Waals surface area contributed by atoms with Crippen molar-refractivity contribution >= 4 is 35.0 Å². The summed E-state index contributed by atoms with van der Waals surface area (Å²) in [6, 6.07) is 17.1. The van der Waals surface area contributed by atoms with E-state index in [2.05, 4.69) is 9.97 Å². The highest BCUT2D eigenvalue weighted by Crippen LogP contribution is 2.41. The zero-order valence-electron chi connectivity index (χ0n) is 19.4. The van der Waals surface area contributed by atoms with Crippen LogP contribution in [0.3, 0.4) is 0 Å². The average Bonchev–Trinajstić information content (AvgIpc) is 2.90. The van der Waals surface area contributed by atoms with Crippen LogP contribution in [0.15, 0.2) is 73.1 Å². The maximum absolute atomic E-state index is 12.8. The lowest BCUT2D eigenvalue weighted by Crippen LogP contribution is -2.20. The molecule has 1 N–H and O–H groups in total. The number of carboxylic acid groups (broad SMARTS) is 1. The molecule has 0 amide bonds. The van der Waals surface area contributed by atoms with Crippen LogP contribution in [0.4, 0.5) is 0 Å². The number of carbonyl (C=O) groups excluding carboxylic acids is 1. The van der Waals surface area contributed by atoms with Crippen LogP contribution >= 0.6 is 23.2 Å². The van der Waals surface area contributed by atoms with Crippen molar-refractivity contribution in [2.75, 3.05) is 6.61 Å². The predicted molar refractivity (Wildman–Crippen MR) is 139 cm³/mol. The monoisotopic (exact) mass is 534 g/mol. The molecule has 186 valence electrons. The fourth-order valence-corrected chi connectivity index (χ4v) is 4.38. The Balaban J connectivity index is 1.25. The lowest BCUT2D eigenvalue weighted by atomic mass is 9.93. The Morgan fingerprint density at radius 3 is 2.43 bits per heavy atom. The molecule has 7 nitrogen and oxygen atoms in total. The number of benzene rings is 3. The van der Waals surface area contributed by atoms with Crippen LogP contribution in [-0.2, 0) is 11.2 Å². The molecule has 1 aliphatic heterocycles. The first kappa shape index (κ1) is 24.7. The van der Waals surface area contributed by atoms with Gasteiger partial charge in [0.05, 0.1) is 41.6 Å². The van der Waals surface area contributed by atoms with Gasteiger partial charge in [0, 0.05) is 34.0 Å². The summed E-state index contributed by atoms with van der Waals surface area (Å²) in [7, 11) is 0. The van der Waals surface area contributed by atoms with Gasteiger partial charge >= 0.3 is 5.97 Å². The van der Waals surface area contributed by atoms with E-state index in [0.29, 0.717) is 57.8 Å². The third-order valence-electron chi connectivity index (χ3n) is 5.99. The van der Waals surface area contributed by atoms with E-state index >= 15 is 0 Å². The van der Waals surface area contributed by atoms with Gasteiger partial charge in [-0.2, -0.15) is 0 Å². The molecule has 3 aromatic carbocycles. The second kappa shape index (κ2) is 10.6. The number of fused-ring (bicyclic) bond motifs is 1. The van der Waals surface area contributed by atoms with E-state index in [-0.39, 0.29) is 17.2 Å². The molecule has 1 aliphatic rings. The number of hydrogen-bond acceptors (Lipinski definition) is 6. The summed E-state index contributed by atoms with van der Waals surface area (Å²) in [4.78, 5) is 33.1. The molecule has 0 bridgehead atoms. The molecule has 0 fully saturated rings. The molecule has 5 rings (SSSR count). The molecule has 0 saturated carbocycles. The minimum atomic E-state index is -0.918. The number of carboxylic acids is 1. The molecule has 0 aliphatic carbocycles. The van der Waals surface area contributed by atoms with Crippen molar-refractivity contribution in [2.45, 2.75) is 18.8 Å². The third kappa shape index (κ3) is 5.58. The summed E-state index contributed by atoms with van der Waals surface area (Å²) in [5, 5.41) is 10.4. The van der Waals surface area contributed by atoms with E-state index in [4.69, 9.17) is 32.7 Å². The van der Waals surface area contributed by atoms with Crippen molar-refractivity contribution in [1.82, 2.24) is 9.97 Å². The summed E-state index contributed by atoms with van der Waals surface area (Å²) < 4.78 is 11.5. The minimum absolute atomic E-state index is 0.104. The molecule has 4 aromatic rings. The number of ketones is 1. The Kier molecular flexibility index (Phi) is 7.08. The van der Waals surface area contributed by atoms with Gasteiger partial charge in [-0.1, -0.05) is 35.3 Å². The van der Waals surface area contributed by atoms with E-state index in [1.807, 2.05) is 12.1 Å². The fourth-order valence-electron chi connectivity index (χ4n) is 4.04. The van der Waals surface area contributed by atoms with Gasteiger partial charge in [-0.25, -0.2) is 0 Å². The average molecular weight is 535 g/mol. The van der Waals surface area contributed by atoms with Crippen molar-refractivity contribution in [1.29, 1.82) is 0 Å². The van der Waals surface area contributed by atoms with Crippen molar-refractivity contribution in [3.8, 4) is 28.5 Å². The number of aromatic nitrogens is 2. The number of nitrogens with zero attached hydrogens (tertiary/aromatic N) is 2. The minimum Gasteiger partial charge on any atom is -0.493 e. The summed E-state index contributed by atoms with van der Waals surface area (Å²) in [6.45, 7) is 0.302. The number of ether oxygens (including phenoxy) is 2. The second-order valence-electron chi connectivity index (χ2n) is 8.47. The van der Waals surface area contributed by atoms with Crippen LogP contribution in [0, 0.1) is 0 Å². The smallest absolute Gasteiger partial charge is 0.311 e. The Hall–Kier alpha value is -3.94. The van der Waals surface area contributed by atoms with Crippen molar-refractivity contribution in [3.63, 3.8) is 0 Å². The first-order chi connectivity index (χ1) is 17.9. The Labute approximate surface area is 222 Å². The summed E-state index contributed by atoms with van der Waals surface area (Å²) in [6.07, 6.45) is 3.71. The molecule has 0 saturated heterocycles. The molecule has 37 heavy (non-hydrogen) atoms. The summed E-state index contributed by atoms with van der Waals surface area (Å²) in [5.41, 5.74) is 3.17. The third-order valence-corrected chi connectivity index (χ3v) is 6.54. The van der Waals surface area contributed by atoms with E-state index < -0.39 is 11.9 Å². The molecule has 2 heterocycles. The Morgan fingerprint density at radius 1 is 1.00 bits per heavy atom. The predicted octanol–water partition coefficient (Wildman–Crippen LogP) is 6.62. The summed E-state index contributed by atoms with van der Waals surface area (Å²) in [5.74, 6) is -0.456. The van der Waals surface area contributed by atoms with E-state index in [1.54, 1.807) is 60.9 Å². The normalized spacial score (nSPS) is 14.4. The first-order valence-corrected chi connectivity index (χ1v) is 12.2. The number of aliphatic carboxylic acids is 1. The number of hydrogen-bond donors (Lipinski definition) is 1. The zero-order valence-corrected chi connectivity index (χ0v) is 20.9. The molecule has 0 spiro atoms. The van der Waals surface area contributed by atoms with Gasteiger partial charge in [0.1, 0.15) is 17.2 Å². The fraction of sp³-hybridized carbons (Fsp3) is 0.143. The van der Waals surface area contributed by atoms with Gasteiger partial charge in [-0.15, -0.1) is 0 Å². The molecule has 1 atom stereocenters. The molecule has 9 heteroatoms. The zero-order chi connectivity index (χ0) is 25.9. The largest absolute Gasteiger partial charge is 0.493 e. The topological polar surface area (TPSA) is 98.6 Å². The van der Waals surface area contributed by atoms with Crippen LogP contribution in [0.5, 0.6) is 17.2 Å². The van der Waals surface area contributed by atoms with Gasteiger partial charge in [0.15, 0.2) is 5.78 Å². The van der Waals surface area contributed by atoms with Gasteiger partial charge in [-0.05, 0) is 48.9 Å². The molecular weight excluding hydrogens is 515 g/mol. The quantitative estimate of drug-likeness (QED) is 0.266.